The van der Waals surface area contributed by atoms with Crippen LogP contribution in [0.5, 0.6) is 0 Å². The average Bonchev–Trinajstić information content (AvgIpc) is 2.94. The summed E-state index contributed by atoms with van der Waals surface area (Å²) in [6.45, 7) is 3.09. The number of ether oxygens (including phenoxy) is 1. The van der Waals surface area contributed by atoms with Crippen LogP contribution in [0.15, 0.2) is 24.3 Å². The molecule has 0 radical (unpaired) electrons. The number of carbonyl (C=O) groups is 2. The van der Waals surface area contributed by atoms with Gasteiger partial charge in [0, 0.05) is 31.2 Å². The van der Waals surface area contributed by atoms with Crippen molar-refractivity contribution < 1.29 is 14.3 Å². The first-order valence-corrected chi connectivity index (χ1v) is 7.69. The lowest BCUT2D eigenvalue weighted by molar-refractivity contribution is -0.130. The van der Waals surface area contributed by atoms with Crippen LogP contribution in [0.3, 0.4) is 0 Å². The van der Waals surface area contributed by atoms with Crippen molar-refractivity contribution in [2.45, 2.75) is 6.10 Å². The summed E-state index contributed by atoms with van der Waals surface area (Å²) in [7, 11) is 0. The molecule has 3 amide bonds. The Morgan fingerprint density at radius 2 is 2.09 bits per heavy atom. The lowest BCUT2D eigenvalue weighted by Gasteiger charge is -2.33. The summed E-state index contributed by atoms with van der Waals surface area (Å²) in [5.74, 6) is -0.160. The van der Waals surface area contributed by atoms with Gasteiger partial charge in [0.25, 0.3) is 0 Å². The molecular weight excluding hydrogens is 306 g/mol. The molecular formula is C15H18ClN3O3. The lowest BCUT2D eigenvalue weighted by Crippen LogP contribution is -2.46. The molecule has 2 aliphatic heterocycles. The van der Waals surface area contributed by atoms with Gasteiger partial charge < -0.3 is 10.1 Å². The van der Waals surface area contributed by atoms with Crippen molar-refractivity contribution in [3.05, 3.63) is 34.9 Å². The Morgan fingerprint density at radius 1 is 1.32 bits per heavy atom. The van der Waals surface area contributed by atoms with Gasteiger partial charge in [-0.25, -0.2) is 4.79 Å². The number of nitrogens with one attached hydrogen (secondary N) is 1. The molecule has 1 aromatic carbocycles. The quantitative estimate of drug-likeness (QED) is 0.910. The van der Waals surface area contributed by atoms with Crippen LogP contribution in [-0.4, -0.2) is 61.1 Å². The Bertz CT molecular complexity index is 564. The fourth-order valence-electron chi connectivity index (χ4n) is 2.71. The molecule has 7 heteroatoms. The van der Waals surface area contributed by atoms with E-state index in [1.807, 2.05) is 29.2 Å². The minimum absolute atomic E-state index is 0.0776. The molecule has 0 spiro atoms. The third-order valence-electron chi connectivity index (χ3n) is 3.91. The van der Waals surface area contributed by atoms with Crippen molar-refractivity contribution in [2.24, 2.45) is 0 Å². The highest BCUT2D eigenvalue weighted by molar-refractivity contribution is 6.30. The number of rotatable bonds is 3. The van der Waals surface area contributed by atoms with Crippen LogP contribution in [0.1, 0.15) is 11.7 Å². The monoisotopic (exact) mass is 323 g/mol. The maximum Gasteiger partial charge on any atom is 0.324 e. The van der Waals surface area contributed by atoms with Crippen molar-refractivity contribution in [1.82, 2.24) is 15.1 Å². The van der Waals surface area contributed by atoms with Gasteiger partial charge in [-0.3, -0.25) is 14.6 Å². The number of nitrogens with zero attached hydrogens (tertiary/aromatic N) is 2. The highest BCUT2D eigenvalue weighted by Crippen LogP contribution is 2.23. The Morgan fingerprint density at radius 3 is 2.77 bits per heavy atom. The van der Waals surface area contributed by atoms with E-state index in [0.717, 1.165) is 5.56 Å². The third kappa shape index (κ3) is 3.40. The molecule has 2 aliphatic rings. The second kappa shape index (κ2) is 6.64. The van der Waals surface area contributed by atoms with E-state index in [4.69, 9.17) is 16.3 Å². The normalized spacial score (nSPS) is 22.7. The van der Waals surface area contributed by atoms with Crippen LogP contribution in [-0.2, 0) is 9.53 Å². The zero-order valence-electron chi connectivity index (χ0n) is 12.1. The van der Waals surface area contributed by atoms with Gasteiger partial charge in [0.15, 0.2) is 0 Å². The molecule has 1 atom stereocenters. The maximum absolute atomic E-state index is 12.2. The van der Waals surface area contributed by atoms with Gasteiger partial charge >= 0.3 is 6.03 Å². The van der Waals surface area contributed by atoms with E-state index in [0.29, 0.717) is 37.8 Å². The second-order valence-corrected chi connectivity index (χ2v) is 5.86. The van der Waals surface area contributed by atoms with Crippen molar-refractivity contribution in [2.75, 3.05) is 39.3 Å². The summed E-state index contributed by atoms with van der Waals surface area (Å²) in [6.07, 6.45) is -0.0776. The number of urea groups is 1. The van der Waals surface area contributed by atoms with Gasteiger partial charge in [-0.05, 0) is 17.7 Å². The summed E-state index contributed by atoms with van der Waals surface area (Å²) in [6, 6.07) is 7.24. The first kappa shape index (κ1) is 15.3. The van der Waals surface area contributed by atoms with Crippen molar-refractivity contribution >= 4 is 23.5 Å². The van der Waals surface area contributed by atoms with Gasteiger partial charge in [-0.15, -0.1) is 0 Å². The first-order valence-electron chi connectivity index (χ1n) is 7.31. The van der Waals surface area contributed by atoms with Crippen molar-refractivity contribution in [3.63, 3.8) is 0 Å². The van der Waals surface area contributed by atoms with Gasteiger partial charge in [0.1, 0.15) is 0 Å². The van der Waals surface area contributed by atoms with Crippen LogP contribution in [0.4, 0.5) is 4.79 Å². The molecule has 2 heterocycles. The number of hydrogen-bond donors (Lipinski definition) is 1. The molecule has 1 N–H and O–H groups in total. The summed E-state index contributed by atoms with van der Waals surface area (Å²) in [4.78, 5) is 27.0. The Hall–Kier alpha value is -1.63. The van der Waals surface area contributed by atoms with Gasteiger partial charge in [-0.1, -0.05) is 23.7 Å². The molecule has 22 heavy (non-hydrogen) atoms. The van der Waals surface area contributed by atoms with E-state index in [-0.39, 0.29) is 24.6 Å². The third-order valence-corrected chi connectivity index (χ3v) is 4.16. The van der Waals surface area contributed by atoms with E-state index in [1.54, 1.807) is 0 Å². The minimum atomic E-state index is -0.299. The fourth-order valence-corrected chi connectivity index (χ4v) is 2.84. The fraction of sp³-hybridized carbons (Fsp3) is 0.467. The zero-order chi connectivity index (χ0) is 15.5. The molecule has 2 fully saturated rings. The Balaban J connectivity index is 1.59. The maximum atomic E-state index is 12.2. The molecule has 0 aliphatic carbocycles. The summed E-state index contributed by atoms with van der Waals surface area (Å²) in [5.41, 5.74) is 1.04. The summed E-state index contributed by atoms with van der Waals surface area (Å²) in [5, 5.41) is 3.32. The van der Waals surface area contributed by atoms with Crippen molar-refractivity contribution in [1.29, 1.82) is 0 Å². The number of benzene rings is 1. The first-order chi connectivity index (χ1) is 10.6. The number of morpholine rings is 1. The molecule has 2 saturated heterocycles. The van der Waals surface area contributed by atoms with Crippen LogP contribution >= 0.6 is 11.6 Å². The number of carbonyl (C=O) groups excluding carboxylic acids is 2. The zero-order valence-corrected chi connectivity index (χ0v) is 12.9. The number of halogens is 1. The van der Waals surface area contributed by atoms with Crippen LogP contribution in [0.2, 0.25) is 5.02 Å². The largest absolute Gasteiger partial charge is 0.371 e. The van der Waals surface area contributed by atoms with E-state index in [1.165, 1.54) is 4.90 Å². The molecule has 0 saturated carbocycles. The van der Waals surface area contributed by atoms with Gasteiger partial charge in [0.2, 0.25) is 5.91 Å². The smallest absolute Gasteiger partial charge is 0.324 e. The number of hydrogen-bond acceptors (Lipinski definition) is 4. The second-order valence-electron chi connectivity index (χ2n) is 5.42. The van der Waals surface area contributed by atoms with E-state index < -0.39 is 0 Å². The number of imide groups is 1. The molecule has 3 rings (SSSR count). The van der Waals surface area contributed by atoms with Crippen molar-refractivity contribution in [3.8, 4) is 0 Å². The molecule has 0 aromatic heterocycles. The predicted octanol–water partition coefficient (Wildman–Crippen LogP) is 1.27. The topological polar surface area (TPSA) is 61.9 Å². The summed E-state index contributed by atoms with van der Waals surface area (Å²) >= 11 is 5.90. The van der Waals surface area contributed by atoms with Gasteiger partial charge in [0.05, 0.1) is 19.3 Å². The number of amides is 3. The standard InChI is InChI=1S/C15H18ClN3O3/c16-12-3-1-11(2-4-12)13-9-18(7-8-22-13)10-14(20)19-6-5-17-15(19)21/h1-4,13H,5-10H2,(H,17,21)/t13-/m0/s1. The van der Waals surface area contributed by atoms with E-state index >= 15 is 0 Å². The SMILES string of the molecule is O=C(CN1CCO[C@H](c2ccc(Cl)cc2)C1)N1CCNC1=O. The van der Waals surface area contributed by atoms with Crippen LogP contribution in [0.25, 0.3) is 0 Å². The molecule has 118 valence electrons. The highest BCUT2D eigenvalue weighted by atomic mass is 35.5. The minimum Gasteiger partial charge on any atom is -0.371 e. The van der Waals surface area contributed by atoms with Crippen LogP contribution in [0, 0.1) is 0 Å². The Kier molecular flexibility index (Phi) is 4.61. The molecule has 0 bridgehead atoms. The molecule has 0 unspecified atom stereocenters. The average molecular weight is 324 g/mol. The van der Waals surface area contributed by atoms with Gasteiger partial charge in [-0.2, -0.15) is 0 Å². The lowest BCUT2D eigenvalue weighted by atomic mass is 10.1. The van der Waals surface area contributed by atoms with E-state index in [2.05, 4.69) is 5.32 Å². The molecule has 6 nitrogen and oxygen atoms in total. The molecule has 1 aromatic rings. The van der Waals surface area contributed by atoms with E-state index in [9.17, 15) is 9.59 Å². The predicted molar refractivity (Wildman–Crippen MR) is 81.7 cm³/mol. The van der Waals surface area contributed by atoms with Crippen LogP contribution < -0.4 is 5.32 Å². The summed E-state index contributed by atoms with van der Waals surface area (Å²) < 4.78 is 5.77. The highest BCUT2D eigenvalue weighted by Gasteiger charge is 2.29. The Labute approximate surface area is 134 Å².